The molecule has 0 radical (unpaired) electrons. The van der Waals surface area contributed by atoms with Crippen LogP contribution in [0.25, 0.3) is 0 Å². The van der Waals surface area contributed by atoms with Crippen molar-refractivity contribution in [2.75, 3.05) is 13.2 Å². The molecule has 0 bridgehead atoms. The van der Waals surface area contributed by atoms with Gasteiger partial charge in [0.15, 0.2) is 0 Å². The van der Waals surface area contributed by atoms with E-state index in [1.54, 1.807) is 19.1 Å². The Bertz CT molecular complexity index is 444. The summed E-state index contributed by atoms with van der Waals surface area (Å²) in [7, 11) is 0. The Morgan fingerprint density at radius 3 is 2.44 bits per heavy atom. The Morgan fingerprint density at radius 1 is 1.33 bits per heavy atom. The third-order valence-corrected chi connectivity index (χ3v) is 2.67. The first-order chi connectivity index (χ1) is 8.27. The smallest absolute Gasteiger partial charge is 0.338 e. The molecule has 18 heavy (non-hydrogen) atoms. The Hall–Kier alpha value is -1.55. The molecule has 0 aliphatic heterocycles. The van der Waals surface area contributed by atoms with Gasteiger partial charge < -0.3 is 14.9 Å². The van der Waals surface area contributed by atoms with Crippen LogP contribution >= 0.6 is 0 Å². The summed E-state index contributed by atoms with van der Waals surface area (Å²) < 4.78 is 4.87. The van der Waals surface area contributed by atoms with Crippen molar-refractivity contribution < 1.29 is 19.7 Å². The van der Waals surface area contributed by atoms with Crippen molar-refractivity contribution in [3.05, 3.63) is 28.8 Å². The molecule has 1 aromatic carbocycles. The lowest BCUT2D eigenvalue weighted by atomic mass is 9.84. The van der Waals surface area contributed by atoms with Crippen molar-refractivity contribution in [1.29, 1.82) is 0 Å². The molecule has 1 aromatic rings. The second-order valence-electron chi connectivity index (χ2n) is 5.30. The molecule has 0 heterocycles. The zero-order chi connectivity index (χ0) is 13.9. The summed E-state index contributed by atoms with van der Waals surface area (Å²) in [4.78, 5) is 11.7. The van der Waals surface area contributed by atoms with Crippen molar-refractivity contribution in [3.63, 3.8) is 0 Å². The number of rotatable bonds is 3. The largest absolute Gasteiger partial charge is 0.507 e. The standard InChI is InChI=1S/C14H20O4/c1-9-7-10(13(17)18-6-5-15)8-11(12(9)16)14(2,3)4/h7-8,15-16H,5-6H2,1-4H3. The third-order valence-electron chi connectivity index (χ3n) is 2.67. The Morgan fingerprint density at radius 2 is 1.94 bits per heavy atom. The highest BCUT2D eigenvalue weighted by Crippen LogP contribution is 2.34. The number of esters is 1. The number of carbonyl (C=O) groups is 1. The van der Waals surface area contributed by atoms with Gasteiger partial charge in [-0.05, 0) is 30.0 Å². The van der Waals surface area contributed by atoms with Crippen LogP contribution in [-0.4, -0.2) is 29.4 Å². The van der Waals surface area contributed by atoms with Crippen LogP contribution < -0.4 is 0 Å². The number of carbonyl (C=O) groups excluding carboxylic acids is 1. The van der Waals surface area contributed by atoms with Gasteiger partial charge in [0, 0.05) is 5.56 Å². The predicted molar refractivity (Wildman–Crippen MR) is 68.9 cm³/mol. The predicted octanol–water partition coefficient (Wildman–Crippen LogP) is 2.15. The van der Waals surface area contributed by atoms with E-state index in [4.69, 9.17) is 9.84 Å². The molecule has 2 N–H and O–H groups in total. The van der Waals surface area contributed by atoms with Crippen LogP contribution in [0.1, 0.15) is 42.3 Å². The number of hydrogen-bond acceptors (Lipinski definition) is 4. The molecular formula is C14H20O4. The van der Waals surface area contributed by atoms with Gasteiger partial charge in [-0.2, -0.15) is 0 Å². The fourth-order valence-corrected chi connectivity index (χ4v) is 1.69. The summed E-state index contributed by atoms with van der Waals surface area (Å²) in [6.45, 7) is 7.41. The Balaban J connectivity index is 3.17. The minimum atomic E-state index is -0.488. The van der Waals surface area contributed by atoms with E-state index in [9.17, 15) is 9.90 Å². The summed E-state index contributed by atoms with van der Waals surface area (Å²) in [6.07, 6.45) is 0. The molecular weight excluding hydrogens is 232 g/mol. The van der Waals surface area contributed by atoms with Gasteiger partial charge in [0.05, 0.1) is 12.2 Å². The molecule has 4 nitrogen and oxygen atoms in total. The molecule has 0 aliphatic rings. The second-order valence-corrected chi connectivity index (χ2v) is 5.30. The summed E-state index contributed by atoms with van der Waals surface area (Å²) >= 11 is 0. The molecule has 0 aliphatic carbocycles. The molecule has 0 spiro atoms. The van der Waals surface area contributed by atoms with Crippen LogP contribution in [-0.2, 0) is 10.2 Å². The number of aromatic hydroxyl groups is 1. The number of aryl methyl sites for hydroxylation is 1. The molecule has 0 atom stereocenters. The molecule has 1 rings (SSSR count). The lowest BCUT2D eigenvalue weighted by molar-refractivity contribution is 0.0433. The van der Waals surface area contributed by atoms with Gasteiger partial charge in [0.25, 0.3) is 0 Å². The van der Waals surface area contributed by atoms with Crippen LogP contribution in [0.3, 0.4) is 0 Å². The van der Waals surface area contributed by atoms with Gasteiger partial charge in [0.1, 0.15) is 12.4 Å². The van der Waals surface area contributed by atoms with Crippen LogP contribution in [0, 0.1) is 6.92 Å². The number of phenols is 1. The highest BCUT2D eigenvalue weighted by atomic mass is 16.5. The van der Waals surface area contributed by atoms with E-state index >= 15 is 0 Å². The van der Waals surface area contributed by atoms with E-state index in [1.807, 2.05) is 20.8 Å². The Kier molecular flexibility index (Phi) is 4.35. The minimum Gasteiger partial charge on any atom is -0.507 e. The van der Waals surface area contributed by atoms with E-state index in [0.29, 0.717) is 16.7 Å². The maximum Gasteiger partial charge on any atom is 0.338 e. The number of aliphatic hydroxyl groups excluding tert-OH is 1. The monoisotopic (exact) mass is 252 g/mol. The molecule has 0 saturated carbocycles. The van der Waals surface area contributed by atoms with Gasteiger partial charge in [0.2, 0.25) is 0 Å². The first-order valence-electron chi connectivity index (χ1n) is 5.89. The summed E-state index contributed by atoms with van der Waals surface area (Å²) in [6, 6.07) is 3.23. The minimum absolute atomic E-state index is 0.0242. The maximum atomic E-state index is 11.7. The first kappa shape index (κ1) is 14.5. The second kappa shape index (κ2) is 5.40. The molecule has 100 valence electrons. The van der Waals surface area contributed by atoms with E-state index < -0.39 is 5.97 Å². The number of phenolic OH excluding ortho intramolecular Hbond substituents is 1. The fraction of sp³-hybridized carbons (Fsp3) is 0.500. The van der Waals surface area contributed by atoms with Crippen molar-refractivity contribution in [3.8, 4) is 5.75 Å². The van der Waals surface area contributed by atoms with E-state index in [1.165, 1.54) is 0 Å². The van der Waals surface area contributed by atoms with E-state index in [2.05, 4.69) is 0 Å². The van der Waals surface area contributed by atoms with Crippen molar-refractivity contribution in [1.82, 2.24) is 0 Å². The van der Waals surface area contributed by atoms with E-state index in [-0.39, 0.29) is 24.4 Å². The number of benzene rings is 1. The van der Waals surface area contributed by atoms with Crippen molar-refractivity contribution >= 4 is 5.97 Å². The van der Waals surface area contributed by atoms with Crippen LogP contribution in [0.5, 0.6) is 5.75 Å². The van der Waals surface area contributed by atoms with Crippen LogP contribution in [0.2, 0.25) is 0 Å². The van der Waals surface area contributed by atoms with E-state index in [0.717, 1.165) is 0 Å². The first-order valence-corrected chi connectivity index (χ1v) is 5.89. The summed E-state index contributed by atoms with van der Waals surface area (Å²) in [5.41, 5.74) is 1.47. The topological polar surface area (TPSA) is 66.8 Å². The summed E-state index contributed by atoms with van der Waals surface area (Å²) in [5.74, 6) is -0.279. The van der Waals surface area contributed by atoms with Crippen molar-refractivity contribution in [2.45, 2.75) is 33.1 Å². The number of ether oxygens (including phenoxy) is 1. The van der Waals surface area contributed by atoms with Gasteiger partial charge >= 0.3 is 5.97 Å². The zero-order valence-electron chi connectivity index (χ0n) is 11.3. The average molecular weight is 252 g/mol. The highest BCUT2D eigenvalue weighted by Gasteiger charge is 2.22. The zero-order valence-corrected chi connectivity index (χ0v) is 11.3. The average Bonchev–Trinajstić information content (AvgIpc) is 2.27. The third kappa shape index (κ3) is 3.23. The fourth-order valence-electron chi connectivity index (χ4n) is 1.69. The number of hydrogen-bond donors (Lipinski definition) is 2. The van der Waals surface area contributed by atoms with Gasteiger partial charge in [-0.3, -0.25) is 0 Å². The molecule has 0 fully saturated rings. The van der Waals surface area contributed by atoms with Crippen molar-refractivity contribution in [2.24, 2.45) is 0 Å². The van der Waals surface area contributed by atoms with Crippen LogP contribution in [0.4, 0.5) is 0 Å². The molecule has 4 heteroatoms. The van der Waals surface area contributed by atoms with Crippen LogP contribution in [0.15, 0.2) is 12.1 Å². The molecule has 0 saturated heterocycles. The maximum absolute atomic E-state index is 11.7. The lowest BCUT2D eigenvalue weighted by Crippen LogP contribution is -2.15. The normalized spacial score (nSPS) is 11.4. The quantitative estimate of drug-likeness (QED) is 0.809. The van der Waals surface area contributed by atoms with Gasteiger partial charge in [-0.15, -0.1) is 0 Å². The lowest BCUT2D eigenvalue weighted by Gasteiger charge is -2.22. The summed E-state index contributed by atoms with van der Waals surface area (Å²) in [5, 5.41) is 18.7. The highest BCUT2D eigenvalue weighted by molar-refractivity contribution is 5.90. The molecule has 0 unspecified atom stereocenters. The van der Waals surface area contributed by atoms with Gasteiger partial charge in [-0.1, -0.05) is 20.8 Å². The molecule has 0 amide bonds. The number of aliphatic hydroxyl groups is 1. The van der Waals surface area contributed by atoms with Gasteiger partial charge in [-0.25, -0.2) is 4.79 Å². The SMILES string of the molecule is Cc1cc(C(=O)OCCO)cc(C(C)(C)C)c1O. The molecule has 0 aromatic heterocycles. The Labute approximate surface area is 107 Å².